The predicted octanol–water partition coefficient (Wildman–Crippen LogP) is 5.89. The number of rotatable bonds is 9. The SMILES string of the molecule is COc1ccc(CC(=O)N/N=C\c2cc(Br)c(OCc3cccc4ccccc34)c(OC)c2)cc1. The number of ether oxygens (including phenoxy) is 3. The zero-order chi connectivity index (χ0) is 24.6. The minimum Gasteiger partial charge on any atom is -0.497 e. The molecule has 0 aliphatic rings. The van der Waals surface area contributed by atoms with Crippen LogP contribution < -0.4 is 19.6 Å². The van der Waals surface area contributed by atoms with Gasteiger partial charge in [-0.3, -0.25) is 4.79 Å². The van der Waals surface area contributed by atoms with Crippen LogP contribution in [0.3, 0.4) is 0 Å². The number of benzene rings is 4. The van der Waals surface area contributed by atoms with Gasteiger partial charge in [0.2, 0.25) is 5.91 Å². The highest BCUT2D eigenvalue weighted by Gasteiger charge is 2.12. The van der Waals surface area contributed by atoms with Crippen molar-refractivity contribution in [2.24, 2.45) is 5.10 Å². The lowest BCUT2D eigenvalue weighted by Gasteiger charge is -2.14. The van der Waals surface area contributed by atoms with E-state index in [9.17, 15) is 4.79 Å². The Labute approximate surface area is 212 Å². The third-order valence-electron chi connectivity index (χ3n) is 5.43. The smallest absolute Gasteiger partial charge is 0.244 e. The number of hydrazone groups is 1. The van der Waals surface area contributed by atoms with E-state index < -0.39 is 0 Å². The second-order valence-electron chi connectivity index (χ2n) is 7.78. The maximum Gasteiger partial charge on any atom is 0.244 e. The van der Waals surface area contributed by atoms with Gasteiger partial charge in [0.05, 0.1) is 31.3 Å². The molecule has 35 heavy (non-hydrogen) atoms. The molecule has 0 radical (unpaired) electrons. The van der Waals surface area contributed by atoms with Gasteiger partial charge in [-0.05, 0) is 67.7 Å². The molecule has 4 rings (SSSR count). The summed E-state index contributed by atoms with van der Waals surface area (Å²) in [4.78, 5) is 12.2. The quantitative estimate of drug-likeness (QED) is 0.215. The number of amides is 1. The molecule has 6 nitrogen and oxygen atoms in total. The number of carbonyl (C=O) groups is 1. The summed E-state index contributed by atoms with van der Waals surface area (Å²) in [7, 11) is 3.19. The Kier molecular flexibility index (Phi) is 8.00. The van der Waals surface area contributed by atoms with Gasteiger partial charge in [0, 0.05) is 0 Å². The number of hydrogen-bond donors (Lipinski definition) is 1. The maximum absolute atomic E-state index is 12.2. The van der Waals surface area contributed by atoms with E-state index in [0.717, 1.165) is 32.3 Å². The monoisotopic (exact) mass is 532 g/mol. The van der Waals surface area contributed by atoms with Crippen LogP contribution >= 0.6 is 15.9 Å². The van der Waals surface area contributed by atoms with Gasteiger partial charge in [0.1, 0.15) is 12.4 Å². The Morgan fingerprint density at radius 3 is 2.51 bits per heavy atom. The fourth-order valence-corrected chi connectivity index (χ4v) is 4.24. The summed E-state index contributed by atoms with van der Waals surface area (Å²) in [6.45, 7) is 0.394. The Morgan fingerprint density at radius 1 is 0.971 bits per heavy atom. The molecule has 4 aromatic rings. The van der Waals surface area contributed by atoms with Crippen molar-refractivity contribution in [1.82, 2.24) is 5.43 Å². The van der Waals surface area contributed by atoms with Crippen molar-refractivity contribution in [2.75, 3.05) is 14.2 Å². The van der Waals surface area contributed by atoms with E-state index in [1.165, 1.54) is 5.39 Å². The standard InChI is InChI=1S/C28H25BrN2O4/c1-33-23-12-10-19(11-13-23)16-27(32)31-30-17-20-14-25(29)28(26(15-20)34-2)35-18-22-8-5-7-21-6-3-4-9-24(21)22/h3-15,17H,16,18H2,1-2H3,(H,31,32)/b30-17-. The largest absolute Gasteiger partial charge is 0.497 e. The van der Waals surface area contributed by atoms with E-state index in [4.69, 9.17) is 14.2 Å². The van der Waals surface area contributed by atoms with E-state index in [2.05, 4.69) is 50.7 Å². The molecule has 0 saturated heterocycles. The molecular weight excluding hydrogens is 508 g/mol. The van der Waals surface area contributed by atoms with Crippen LogP contribution in [-0.4, -0.2) is 26.3 Å². The molecule has 7 heteroatoms. The summed E-state index contributed by atoms with van der Waals surface area (Å²) < 4.78 is 17.5. The van der Waals surface area contributed by atoms with Gasteiger partial charge in [0.15, 0.2) is 11.5 Å². The number of nitrogens with one attached hydrogen (secondary N) is 1. The molecule has 0 fully saturated rings. The predicted molar refractivity (Wildman–Crippen MR) is 141 cm³/mol. The summed E-state index contributed by atoms with van der Waals surface area (Å²) in [5.74, 6) is 1.69. The van der Waals surface area contributed by atoms with Crippen LogP contribution in [0.4, 0.5) is 0 Å². The second kappa shape index (κ2) is 11.5. The number of halogens is 1. The van der Waals surface area contributed by atoms with Crippen LogP contribution in [0.5, 0.6) is 17.2 Å². The minimum atomic E-state index is -0.215. The summed E-state index contributed by atoms with van der Waals surface area (Å²) in [5, 5.41) is 6.40. The molecule has 0 bridgehead atoms. The minimum absolute atomic E-state index is 0.215. The summed E-state index contributed by atoms with van der Waals surface area (Å²) in [6.07, 6.45) is 1.78. The zero-order valence-electron chi connectivity index (χ0n) is 19.5. The molecule has 0 aliphatic heterocycles. The molecule has 0 aliphatic carbocycles. The van der Waals surface area contributed by atoms with Crippen molar-refractivity contribution >= 4 is 38.8 Å². The number of carbonyl (C=O) groups excluding carboxylic acids is 1. The third kappa shape index (κ3) is 6.19. The molecule has 1 N–H and O–H groups in total. The van der Waals surface area contributed by atoms with Crippen molar-refractivity contribution < 1.29 is 19.0 Å². The molecule has 0 unspecified atom stereocenters. The topological polar surface area (TPSA) is 69.2 Å². The summed E-state index contributed by atoms with van der Waals surface area (Å²) in [6, 6.07) is 25.4. The lowest BCUT2D eigenvalue weighted by Crippen LogP contribution is -2.19. The lowest BCUT2D eigenvalue weighted by molar-refractivity contribution is -0.120. The first-order valence-electron chi connectivity index (χ1n) is 11.0. The van der Waals surface area contributed by atoms with Gasteiger partial charge in [-0.2, -0.15) is 5.10 Å². The number of methoxy groups -OCH3 is 2. The first-order chi connectivity index (χ1) is 17.1. The molecule has 0 heterocycles. The Bertz CT molecular complexity index is 1350. The third-order valence-corrected chi connectivity index (χ3v) is 6.02. The average molecular weight is 533 g/mol. The normalized spacial score (nSPS) is 10.9. The molecule has 0 saturated carbocycles. The molecule has 4 aromatic carbocycles. The molecule has 0 atom stereocenters. The van der Waals surface area contributed by atoms with Crippen molar-refractivity contribution in [3.8, 4) is 17.2 Å². The van der Waals surface area contributed by atoms with Crippen LogP contribution in [0, 0.1) is 0 Å². The zero-order valence-corrected chi connectivity index (χ0v) is 21.0. The van der Waals surface area contributed by atoms with Crippen LogP contribution in [0.25, 0.3) is 10.8 Å². The highest BCUT2D eigenvalue weighted by atomic mass is 79.9. The summed E-state index contributed by atoms with van der Waals surface area (Å²) >= 11 is 3.57. The van der Waals surface area contributed by atoms with Gasteiger partial charge >= 0.3 is 0 Å². The van der Waals surface area contributed by atoms with Crippen LogP contribution in [0.1, 0.15) is 16.7 Å². The molecule has 0 spiro atoms. The van der Waals surface area contributed by atoms with Crippen molar-refractivity contribution in [3.63, 3.8) is 0 Å². The van der Waals surface area contributed by atoms with Gasteiger partial charge in [0.25, 0.3) is 0 Å². The molecule has 178 valence electrons. The Morgan fingerprint density at radius 2 is 1.74 bits per heavy atom. The summed E-state index contributed by atoms with van der Waals surface area (Å²) in [5.41, 5.74) is 5.26. The molecule has 0 aromatic heterocycles. The maximum atomic E-state index is 12.2. The van der Waals surface area contributed by atoms with Crippen molar-refractivity contribution in [2.45, 2.75) is 13.0 Å². The van der Waals surface area contributed by atoms with Gasteiger partial charge in [-0.1, -0.05) is 54.6 Å². The van der Waals surface area contributed by atoms with Crippen molar-refractivity contribution in [1.29, 1.82) is 0 Å². The average Bonchev–Trinajstić information content (AvgIpc) is 2.88. The second-order valence-corrected chi connectivity index (χ2v) is 8.63. The van der Waals surface area contributed by atoms with Gasteiger partial charge in [-0.25, -0.2) is 5.43 Å². The first-order valence-corrected chi connectivity index (χ1v) is 11.8. The van der Waals surface area contributed by atoms with E-state index in [1.54, 1.807) is 20.4 Å². The highest BCUT2D eigenvalue weighted by Crippen LogP contribution is 2.37. The van der Waals surface area contributed by atoms with Crippen LogP contribution in [0.15, 0.2) is 88.4 Å². The number of fused-ring (bicyclic) bond motifs is 1. The Balaban J connectivity index is 1.41. The Hall–Kier alpha value is -3.84. The van der Waals surface area contributed by atoms with E-state index in [0.29, 0.717) is 18.1 Å². The highest BCUT2D eigenvalue weighted by molar-refractivity contribution is 9.10. The van der Waals surface area contributed by atoms with Gasteiger partial charge in [-0.15, -0.1) is 0 Å². The molecule has 1 amide bonds. The first kappa shape index (κ1) is 24.3. The van der Waals surface area contributed by atoms with E-state index in [1.807, 2.05) is 54.6 Å². The van der Waals surface area contributed by atoms with Gasteiger partial charge < -0.3 is 14.2 Å². The van der Waals surface area contributed by atoms with E-state index in [-0.39, 0.29) is 12.3 Å². The van der Waals surface area contributed by atoms with Crippen LogP contribution in [-0.2, 0) is 17.8 Å². The number of hydrogen-bond acceptors (Lipinski definition) is 5. The number of nitrogens with zero attached hydrogens (tertiary/aromatic N) is 1. The fraction of sp³-hybridized carbons (Fsp3) is 0.143. The van der Waals surface area contributed by atoms with Crippen molar-refractivity contribution in [3.05, 3.63) is 100 Å². The lowest BCUT2D eigenvalue weighted by atomic mass is 10.1. The van der Waals surface area contributed by atoms with E-state index >= 15 is 0 Å². The van der Waals surface area contributed by atoms with Crippen LogP contribution in [0.2, 0.25) is 0 Å². The fourth-order valence-electron chi connectivity index (χ4n) is 3.67. The molecular formula is C28H25BrN2O4.